The summed E-state index contributed by atoms with van der Waals surface area (Å²) in [5.74, 6) is 0.885. The predicted molar refractivity (Wildman–Crippen MR) is 121 cm³/mol. The zero-order valence-electron chi connectivity index (χ0n) is 16.5. The highest BCUT2D eigenvalue weighted by Gasteiger charge is 2.46. The molecular weight excluding hydrogens is 420 g/mol. The molecule has 0 saturated carbocycles. The molecule has 6 nitrogen and oxygen atoms in total. The topological polar surface area (TPSA) is 73.5 Å². The highest BCUT2D eigenvalue weighted by molar-refractivity contribution is 7.99. The van der Waals surface area contributed by atoms with Crippen molar-refractivity contribution in [2.45, 2.75) is 24.0 Å². The molecule has 3 aliphatic rings. The van der Waals surface area contributed by atoms with Crippen LogP contribution in [0.25, 0.3) is 0 Å². The van der Waals surface area contributed by atoms with Gasteiger partial charge in [0.1, 0.15) is 0 Å². The first-order valence-electron chi connectivity index (χ1n) is 10.1. The molecule has 3 fully saturated rings. The molecule has 158 valence electrons. The second-order valence-corrected chi connectivity index (χ2v) is 9.20. The lowest BCUT2D eigenvalue weighted by molar-refractivity contribution is -0.132. The van der Waals surface area contributed by atoms with E-state index in [2.05, 4.69) is 21.1 Å². The summed E-state index contributed by atoms with van der Waals surface area (Å²) in [5, 5.41) is 3.53. The number of hydrazine groups is 1. The molecule has 0 aromatic heterocycles. The Morgan fingerprint density at radius 3 is 2.40 bits per heavy atom. The Morgan fingerprint density at radius 1 is 1.00 bits per heavy atom. The number of thioether (sulfide) groups is 1. The quantitative estimate of drug-likeness (QED) is 0.607. The maximum absolute atomic E-state index is 13.0. The van der Waals surface area contributed by atoms with Gasteiger partial charge in [-0.3, -0.25) is 15.1 Å². The number of hydrogen-bond acceptors (Lipinski definition) is 4. The molecule has 2 aromatic carbocycles. The number of rotatable bonds is 5. The first kappa shape index (κ1) is 21.0. The maximum atomic E-state index is 13.0. The number of hydrogen-bond donors (Lipinski definition) is 3. The van der Waals surface area contributed by atoms with E-state index in [-0.39, 0.29) is 17.2 Å². The van der Waals surface area contributed by atoms with E-state index in [1.807, 2.05) is 42.5 Å². The van der Waals surface area contributed by atoms with Crippen LogP contribution >= 0.6 is 23.4 Å². The summed E-state index contributed by atoms with van der Waals surface area (Å²) in [5.41, 5.74) is 6.99. The highest BCUT2D eigenvalue weighted by Crippen LogP contribution is 2.42. The van der Waals surface area contributed by atoms with Gasteiger partial charge < -0.3 is 5.32 Å². The Bertz CT molecular complexity index is 872. The van der Waals surface area contributed by atoms with Crippen LogP contribution in [0.3, 0.4) is 0 Å². The SMILES string of the molecule is O=C(NNC(=O)C1C2CCN(CC2)C1SCc1ccc(Cl)cc1)Nc1ccccc1. The summed E-state index contributed by atoms with van der Waals surface area (Å²) in [4.78, 5) is 27.5. The van der Waals surface area contributed by atoms with E-state index in [0.29, 0.717) is 11.6 Å². The van der Waals surface area contributed by atoms with Crippen LogP contribution in [0.15, 0.2) is 54.6 Å². The van der Waals surface area contributed by atoms with Crippen molar-refractivity contribution in [3.05, 3.63) is 65.2 Å². The number of nitrogens with zero attached hydrogens (tertiary/aromatic N) is 1. The summed E-state index contributed by atoms with van der Waals surface area (Å²) in [6.07, 6.45) is 2.04. The monoisotopic (exact) mass is 444 g/mol. The minimum absolute atomic E-state index is 0.104. The van der Waals surface area contributed by atoms with E-state index < -0.39 is 6.03 Å². The molecule has 0 spiro atoms. The molecule has 2 bridgehead atoms. The fourth-order valence-electron chi connectivity index (χ4n) is 4.19. The number of para-hydroxylation sites is 1. The van der Waals surface area contributed by atoms with E-state index >= 15 is 0 Å². The van der Waals surface area contributed by atoms with Crippen LogP contribution in [-0.4, -0.2) is 35.3 Å². The van der Waals surface area contributed by atoms with Gasteiger partial charge in [0.25, 0.3) is 0 Å². The van der Waals surface area contributed by atoms with Crippen LogP contribution in [0.4, 0.5) is 10.5 Å². The lowest BCUT2D eigenvalue weighted by Gasteiger charge is -2.49. The maximum Gasteiger partial charge on any atom is 0.337 e. The van der Waals surface area contributed by atoms with E-state index in [4.69, 9.17) is 11.6 Å². The minimum Gasteiger partial charge on any atom is -0.307 e. The molecule has 3 heterocycles. The van der Waals surface area contributed by atoms with E-state index in [1.165, 1.54) is 5.56 Å². The summed E-state index contributed by atoms with van der Waals surface area (Å²) in [6.45, 7) is 2.04. The number of halogens is 1. The first-order valence-corrected chi connectivity index (χ1v) is 11.5. The summed E-state index contributed by atoms with van der Waals surface area (Å²) in [6, 6.07) is 16.5. The van der Waals surface area contributed by atoms with E-state index in [1.54, 1.807) is 23.9 Å². The summed E-state index contributed by atoms with van der Waals surface area (Å²) < 4.78 is 0. The lowest BCUT2D eigenvalue weighted by Crippen LogP contribution is -2.59. The number of urea groups is 1. The average molecular weight is 445 g/mol. The third-order valence-corrected chi connectivity index (χ3v) is 7.40. The van der Waals surface area contributed by atoms with Crippen molar-refractivity contribution in [3.63, 3.8) is 0 Å². The molecule has 5 rings (SSSR count). The molecular formula is C22H25ClN4O2S. The minimum atomic E-state index is -0.457. The van der Waals surface area contributed by atoms with Gasteiger partial charge in [0, 0.05) is 16.5 Å². The third-order valence-electron chi connectivity index (χ3n) is 5.72. The summed E-state index contributed by atoms with van der Waals surface area (Å²) in [7, 11) is 0. The van der Waals surface area contributed by atoms with Crippen LogP contribution in [-0.2, 0) is 10.5 Å². The van der Waals surface area contributed by atoms with Crippen molar-refractivity contribution in [2.24, 2.45) is 11.8 Å². The lowest BCUT2D eigenvalue weighted by atomic mass is 9.78. The number of anilines is 1. The van der Waals surface area contributed by atoms with Crippen molar-refractivity contribution in [1.29, 1.82) is 0 Å². The Labute approximate surface area is 185 Å². The van der Waals surface area contributed by atoms with Gasteiger partial charge in [-0.25, -0.2) is 10.2 Å². The van der Waals surface area contributed by atoms with Crippen molar-refractivity contribution < 1.29 is 9.59 Å². The first-order chi connectivity index (χ1) is 14.6. The van der Waals surface area contributed by atoms with E-state index in [0.717, 1.165) is 36.7 Å². The molecule has 2 aromatic rings. The Hall–Kier alpha value is -2.22. The normalized spacial score (nSPS) is 24.8. The smallest absolute Gasteiger partial charge is 0.307 e. The van der Waals surface area contributed by atoms with Crippen molar-refractivity contribution >= 4 is 41.0 Å². The van der Waals surface area contributed by atoms with Gasteiger partial charge in [-0.05, 0) is 61.7 Å². The molecule has 3 N–H and O–H groups in total. The van der Waals surface area contributed by atoms with Crippen LogP contribution in [0.1, 0.15) is 18.4 Å². The average Bonchev–Trinajstić information content (AvgIpc) is 2.78. The number of carbonyl (C=O) groups is 2. The molecule has 3 saturated heterocycles. The van der Waals surface area contributed by atoms with Gasteiger partial charge in [-0.15, -0.1) is 11.8 Å². The van der Waals surface area contributed by atoms with Gasteiger partial charge in [-0.2, -0.15) is 0 Å². The van der Waals surface area contributed by atoms with Crippen LogP contribution in [0.5, 0.6) is 0 Å². The van der Waals surface area contributed by atoms with Crippen molar-refractivity contribution in [2.75, 3.05) is 18.4 Å². The molecule has 0 radical (unpaired) electrons. The Balaban J connectivity index is 1.35. The van der Waals surface area contributed by atoms with Gasteiger partial charge in [0.05, 0.1) is 11.3 Å². The van der Waals surface area contributed by atoms with E-state index in [9.17, 15) is 9.59 Å². The number of carbonyl (C=O) groups excluding carboxylic acids is 2. The second kappa shape index (κ2) is 9.73. The van der Waals surface area contributed by atoms with Gasteiger partial charge in [0.2, 0.25) is 5.91 Å². The Morgan fingerprint density at radius 2 is 1.70 bits per heavy atom. The van der Waals surface area contributed by atoms with Crippen LogP contribution < -0.4 is 16.2 Å². The third kappa shape index (κ3) is 5.09. The second-order valence-electron chi connectivity index (χ2n) is 7.66. The molecule has 2 unspecified atom stereocenters. The van der Waals surface area contributed by atoms with Crippen LogP contribution in [0.2, 0.25) is 5.02 Å². The highest BCUT2D eigenvalue weighted by atomic mass is 35.5. The van der Waals surface area contributed by atoms with Gasteiger partial charge in [-0.1, -0.05) is 41.9 Å². The molecule has 0 aliphatic carbocycles. The largest absolute Gasteiger partial charge is 0.337 e. The number of nitrogens with one attached hydrogen (secondary N) is 3. The number of amides is 3. The van der Waals surface area contributed by atoms with Gasteiger partial charge in [0.15, 0.2) is 0 Å². The number of benzene rings is 2. The fraction of sp³-hybridized carbons (Fsp3) is 0.364. The predicted octanol–water partition coefficient (Wildman–Crippen LogP) is 4.09. The van der Waals surface area contributed by atoms with Crippen molar-refractivity contribution in [1.82, 2.24) is 15.8 Å². The standard InChI is InChI=1S/C22H25ClN4O2S/c23-17-8-6-15(7-9-17)14-30-21-19(16-10-12-27(21)13-11-16)20(28)25-26-22(29)24-18-4-2-1-3-5-18/h1-9,16,19,21H,10-14H2,(H,25,28)(H2,24,26,29). The zero-order chi connectivity index (χ0) is 20.9. The number of fused-ring (bicyclic) bond motifs is 3. The molecule has 8 heteroatoms. The Kier molecular flexibility index (Phi) is 6.82. The summed E-state index contributed by atoms with van der Waals surface area (Å²) >= 11 is 7.77. The zero-order valence-corrected chi connectivity index (χ0v) is 18.1. The van der Waals surface area contributed by atoms with Crippen molar-refractivity contribution in [3.8, 4) is 0 Å². The van der Waals surface area contributed by atoms with Gasteiger partial charge >= 0.3 is 6.03 Å². The molecule has 30 heavy (non-hydrogen) atoms. The molecule has 2 atom stereocenters. The number of piperidine rings is 3. The molecule has 3 amide bonds. The van der Waals surface area contributed by atoms with Crippen LogP contribution in [0, 0.1) is 11.8 Å². The molecule has 3 aliphatic heterocycles. The fourth-order valence-corrected chi connectivity index (χ4v) is 5.85.